The second-order valence-electron chi connectivity index (χ2n) is 4.03. The van der Waals surface area contributed by atoms with Crippen molar-refractivity contribution in [3.8, 4) is 11.5 Å². The highest BCUT2D eigenvalue weighted by molar-refractivity contribution is 5.94. The largest absolute Gasteiger partial charge is 0.490 e. The lowest BCUT2D eigenvalue weighted by Gasteiger charge is -2.14. The Kier molecular flexibility index (Phi) is 6.15. The van der Waals surface area contributed by atoms with Crippen molar-refractivity contribution in [2.75, 3.05) is 18.5 Å². The van der Waals surface area contributed by atoms with Gasteiger partial charge in [-0.05, 0) is 32.4 Å². The van der Waals surface area contributed by atoms with Gasteiger partial charge in [0.2, 0.25) is 5.91 Å². The van der Waals surface area contributed by atoms with Gasteiger partial charge in [-0.25, -0.2) is 0 Å². The Balaban J connectivity index is 2.85. The van der Waals surface area contributed by atoms with Crippen LogP contribution in [-0.4, -0.2) is 25.2 Å². The van der Waals surface area contributed by atoms with Crippen LogP contribution in [0.5, 0.6) is 11.5 Å². The van der Waals surface area contributed by atoms with Crippen molar-refractivity contribution in [1.82, 2.24) is 0 Å². The van der Waals surface area contributed by atoms with E-state index in [9.17, 15) is 4.79 Å². The number of rotatable bonds is 7. The predicted octanol–water partition coefficient (Wildman–Crippen LogP) is 2.16. The van der Waals surface area contributed by atoms with E-state index in [1.807, 2.05) is 20.8 Å². The van der Waals surface area contributed by atoms with Crippen molar-refractivity contribution >= 4 is 11.6 Å². The molecule has 5 nitrogen and oxygen atoms in total. The van der Waals surface area contributed by atoms with Crippen LogP contribution in [0.15, 0.2) is 18.2 Å². The highest BCUT2D eigenvalue weighted by atomic mass is 16.5. The summed E-state index contributed by atoms with van der Waals surface area (Å²) in [6.07, 6.45) is 0.598. The van der Waals surface area contributed by atoms with Gasteiger partial charge in [-0.2, -0.15) is 0 Å². The molecule has 1 atom stereocenters. The van der Waals surface area contributed by atoms with Crippen molar-refractivity contribution in [3.05, 3.63) is 18.2 Å². The Hall–Kier alpha value is -1.75. The summed E-state index contributed by atoms with van der Waals surface area (Å²) in [5.74, 6) is 1.09. The third-order valence-corrected chi connectivity index (χ3v) is 2.59. The molecule has 0 saturated carbocycles. The second-order valence-corrected chi connectivity index (χ2v) is 4.03. The van der Waals surface area contributed by atoms with E-state index >= 15 is 0 Å². The molecular weight excluding hydrogens is 244 g/mol. The molecule has 1 rings (SSSR count). The van der Waals surface area contributed by atoms with Gasteiger partial charge in [0.25, 0.3) is 0 Å². The molecule has 1 aromatic rings. The molecule has 5 heteroatoms. The van der Waals surface area contributed by atoms with Gasteiger partial charge in [-0.1, -0.05) is 6.92 Å². The summed E-state index contributed by atoms with van der Waals surface area (Å²) < 4.78 is 10.9. The molecule has 0 aliphatic rings. The Morgan fingerprint density at radius 2 is 1.84 bits per heavy atom. The van der Waals surface area contributed by atoms with Gasteiger partial charge in [0, 0.05) is 11.8 Å². The number of benzene rings is 1. The number of hydrogen-bond acceptors (Lipinski definition) is 4. The first-order chi connectivity index (χ1) is 9.12. The third kappa shape index (κ3) is 4.44. The normalized spacial score (nSPS) is 11.8. The van der Waals surface area contributed by atoms with Gasteiger partial charge in [0.15, 0.2) is 11.5 Å². The Morgan fingerprint density at radius 3 is 2.42 bits per heavy atom. The molecule has 3 N–H and O–H groups in total. The lowest BCUT2D eigenvalue weighted by Crippen LogP contribution is -2.34. The molecule has 0 aliphatic heterocycles. The fourth-order valence-electron chi connectivity index (χ4n) is 1.55. The lowest BCUT2D eigenvalue weighted by atomic mass is 10.2. The zero-order valence-electron chi connectivity index (χ0n) is 11.7. The fraction of sp³-hybridized carbons (Fsp3) is 0.500. The van der Waals surface area contributed by atoms with Gasteiger partial charge in [-0.15, -0.1) is 0 Å². The maximum absolute atomic E-state index is 11.7. The van der Waals surface area contributed by atoms with Crippen molar-refractivity contribution in [3.63, 3.8) is 0 Å². The molecule has 1 aromatic carbocycles. The summed E-state index contributed by atoms with van der Waals surface area (Å²) in [6.45, 7) is 6.77. The van der Waals surface area contributed by atoms with Crippen LogP contribution in [0.3, 0.4) is 0 Å². The molecule has 106 valence electrons. The minimum atomic E-state index is -0.498. The van der Waals surface area contributed by atoms with Gasteiger partial charge in [-0.3, -0.25) is 4.79 Å². The van der Waals surface area contributed by atoms with E-state index in [1.165, 1.54) is 0 Å². The van der Waals surface area contributed by atoms with E-state index in [1.54, 1.807) is 18.2 Å². The first-order valence-corrected chi connectivity index (χ1v) is 6.58. The van der Waals surface area contributed by atoms with E-state index in [4.69, 9.17) is 15.2 Å². The number of ether oxygens (including phenoxy) is 2. The van der Waals surface area contributed by atoms with Gasteiger partial charge in [0.1, 0.15) is 0 Å². The van der Waals surface area contributed by atoms with E-state index < -0.39 is 6.04 Å². The minimum absolute atomic E-state index is 0.200. The highest BCUT2D eigenvalue weighted by Gasteiger charge is 2.12. The van der Waals surface area contributed by atoms with Gasteiger partial charge >= 0.3 is 0 Å². The highest BCUT2D eigenvalue weighted by Crippen LogP contribution is 2.30. The molecule has 0 bridgehead atoms. The molecule has 1 amide bonds. The molecule has 19 heavy (non-hydrogen) atoms. The molecule has 0 aromatic heterocycles. The molecule has 0 heterocycles. The maximum atomic E-state index is 11.7. The smallest absolute Gasteiger partial charge is 0.241 e. The molecule has 0 spiro atoms. The van der Waals surface area contributed by atoms with Crippen LogP contribution in [-0.2, 0) is 4.79 Å². The number of carbonyl (C=O) groups excluding carboxylic acids is 1. The Morgan fingerprint density at radius 1 is 1.21 bits per heavy atom. The van der Waals surface area contributed by atoms with Crippen molar-refractivity contribution in [2.45, 2.75) is 33.2 Å². The van der Waals surface area contributed by atoms with E-state index in [2.05, 4.69) is 5.32 Å². The minimum Gasteiger partial charge on any atom is -0.490 e. The number of hydrogen-bond donors (Lipinski definition) is 2. The zero-order valence-corrected chi connectivity index (χ0v) is 11.7. The zero-order chi connectivity index (χ0) is 14.3. The van der Waals surface area contributed by atoms with Crippen molar-refractivity contribution < 1.29 is 14.3 Å². The fourth-order valence-corrected chi connectivity index (χ4v) is 1.55. The predicted molar refractivity (Wildman–Crippen MR) is 75.7 cm³/mol. The van der Waals surface area contributed by atoms with Gasteiger partial charge < -0.3 is 20.5 Å². The van der Waals surface area contributed by atoms with Crippen LogP contribution in [0.2, 0.25) is 0 Å². The summed E-state index contributed by atoms with van der Waals surface area (Å²) in [4.78, 5) is 11.7. The number of nitrogens with one attached hydrogen (secondary N) is 1. The van der Waals surface area contributed by atoms with Crippen LogP contribution in [0.25, 0.3) is 0 Å². The number of nitrogens with two attached hydrogens (primary N) is 1. The SMILES string of the molecule is CCOc1ccc(NC(=O)[C@H](N)CC)cc1OCC. The number of anilines is 1. The van der Waals surface area contributed by atoms with Gasteiger partial charge in [0.05, 0.1) is 19.3 Å². The quantitative estimate of drug-likeness (QED) is 0.793. The first kappa shape index (κ1) is 15.3. The molecule has 0 saturated heterocycles. The lowest BCUT2D eigenvalue weighted by molar-refractivity contribution is -0.117. The van der Waals surface area contributed by atoms with Crippen LogP contribution in [0.1, 0.15) is 27.2 Å². The first-order valence-electron chi connectivity index (χ1n) is 6.58. The summed E-state index contributed by atoms with van der Waals surface area (Å²) >= 11 is 0. The summed E-state index contributed by atoms with van der Waals surface area (Å²) in [6, 6.07) is 4.80. The average molecular weight is 266 g/mol. The number of carbonyl (C=O) groups is 1. The van der Waals surface area contributed by atoms with Crippen molar-refractivity contribution in [1.29, 1.82) is 0 Å². The van der Waals surface area contributed by atoms with Crippen LogP contribution in [0, 0.1) is 0 Å². The van der Waals surface area contributed by atoms with Crippen molar-refractivity contribution in [2.24, 2.45) is 5.73 Å². The Bertz CT molecular complexity index is 421. The summed E-state index contributed by atoms with van der Waals surface area (Å²) in [7, 11) is 0. The molecule has 0 radical (unpaired) electrons. The van der Waals surface area contributed by atoms with E-state index in [0.29, 0.717) is 36.8 Å². The van der Waals surface area contributed by atoms with E-state index in [-0.39, 0.29) is 5.91 Å². The monoisotopic (exact) mass is 266 g/mol. The molecule has 0 unspecified atom stereocenters. The third-order valence-electron chi connectivity index (χ3n) is 2.59. The summed E-state index contributed by atoms with van der Waals surface area (Å²) in [5.41, 5.74) is 6.32. The maximum Gasteiger partial charge on any atom is 0.241 e. The Labute approximate surface area is 114 Å². The molecular formula is C14H22N2O3. The topological polar surface area (TPSA) is 73.6 Å². The second kappa shape index (κ2) is 7.63. The number of amides is 1. The standard InChI is InChI=1S/C14H22N2O3/c1-4-11(15)14(17)16-10-7-8-12(18-5-2)13(9-10)19-6-3/h7-9,11H,4-6,15H2,1-3H3,(H,16,17)/t11-/m1/s1. The summed E-state index contributed by atoms with van der Waals surface area (Å²) in [5, 5.41) is 2.76. The average Bonchev–Trinajstić information content (AvgIpc) is 2.41. The van der Waals surface area contributed by atoms with Crippen LogP contribution >= 0.6 is 0 Å². The van der Waals surface area contributed by atoms with Crippen LogP contribution < -0.4 is 20.5 Å². The van der Waals surface area contributed by atoms with Crippen LogP contribution in [0.4, 0.5) is 5.69 Å². The molecule has 0 fully saturated rings. The molecule has 0 aliphatic carbocycles. The van der Waals surface area contributed by atoms with E-state index in [0.717, 1.165) is 0 Å².